The molecular weight excluding hydrogens is 340 g/mol. The van der Waals surface area contributed by atoms with E-state index in [1.165, 1.54) is 0 Å². The summed E-state index contributed by atoms with van der Waals surface area (Å²) in [6, 6.07) is 7.62. The molecule has 1 aromatic rings. The molecule has 3 rings (SSSR count). The second kappa shape index (κ2) is 7.53. The van der Waals surface area contributed by atoms with E-state index in [-0.39, 0.29) is 22.6 Å². The van der Waals surface area contributed by atoms with E-state index in [0.29, 0.717) is 19.5 Å². The number of likely N-dealkylation sites (tertiary alicyclic amines) is 2. The predicted molar refractivity (Wildman–Crippen MR) is 106 cm³/mol. The third-order valence-corrected chi connectivity index (χ3v) is 5.71. The van der Waals surface area contributed by atoms with E-state index < -0.39 is 0 Å². The van der Waals surface area contributed by atoms with Gasteiger partial charge in [-0.2, -0.15) is 0 Å². The van der Waals surface area contributed by atoms with Crippen LogP contribution in [0.4, 0.5) is 0 Å². The molecule has 2 saturated heterocycles. The quantitative estimate of drug-likeness (QED) is 0.816. The van der Waals surface area contributed by atoms with Crippen molar-refractivity contribution in [3.05, 3.63) is 29.8 Å². The standard InChI is InChI=1S/C22H32N2O3/c1-21(2,3)15-24-12-5-10-22(20(24)26)11-13-23(16-22)19(25)14-17-6-8-18(27-4)9-7-17/h6-9H,5,10-16H2,1-4H3/t22-/m0/s1. The van der Waals surface area contributed by atoms with E-state index >= 15 is 0 Å². The van der Waals surface area contributed by atoms with Crippen molar-refractivity contribution in [3.63, 3.8) is 0 Å². The first-order valence-electron chi connectivity index (χ1n) is 9.93. The van der Waals surface area contributed by atoms with E-state index in [1.807, 2.05) is 34.1 Å². The second-order valence-corrected chi connectivity index (χ2v) is 9.26. The summed E-state index contributed by atoms with van der Waals surface area (Å²) in [5, 5.41) is 0. The van der Waals surface area contributed by atoms with Crippen molar-refractivity contribution in [2.24, 2.45) is 10.8 Å². The van der Waals surface area contributed by atoms with Crippen LogP contribution in [0.3, 0.4) is 0 Å². The molecule has 2 fully saturated rings. The highest BCUT2D eigenvalue weighted by molar-refractivity contribution is 5.86. The Bertz CT molecular complexity index is 693. The summed E-state index contributed by atoms with van der Waals surface area (Å²) in [6.45, 7) is 9.39. The van der Waals surface area contributed by atoms with E-state index in [2.05, 4.69) is 20.8 Å². The number of rotatable bonds is 4. The van der Waals surface area contributed by atoms with Gasteiger partial charge in [-0.05, 0) is 42.4 Å². The number of ether oxygens (including phenoxy) is 1. The fraction of sp³-hybridized carbons (Fsp3) is 0.636. The van der Waals surface area contributed by atoms with Gasteiger partial charge in [0, 0.05) is 26.2 Å². The van der Waals surface area contributed by atoms with Gasteiger partial charge >= 0.3 is 0 Å². The summed E-state index contributed by atoms with van der Waals surface area (Å²) >= 11 is 0. The fourth-order valence-electron chi connectivity index (χ4n) is 4.37. The first kappa shape index (κ1) is 19.7. The van der Waals surface area contributed by atoms with Gasteiger partial charge in [0.25, 0.3) is 0 Å². The molecule has 2 amide bonds. The first-order chi connectivity index (χ1) is 12.7. The van der Waals surface area contributed by atoms with Gasteiger partial charge < -0.3 is 14.5 Å². The van der Waals surface area contributed by atoms with Crippen molar-refractivity contribution < 1.29 is 14.3 Å². The van der Waals surface area contributed by atoms with E-state index in [0.717, 1.165) is 43.7 Å². The van der Waals surface area contributed by atoms with Gasteiger partial charge in [0.1, 0.15) is 5.75 Å². The van der Waals surface area contributed by atoms with Crippen molar-refractivity contribution in [1.29, 1.82) is 0 Å². The van der Waals surface area contributed by atoms with Crippen LogP contribution in [0.15, 0.2) is 24.3 Å². The van der Waals surface area contributed by atoms with Crippen LogP contribution in [0.1, 0.15) is 45.6 Å². The highest BCUT2D eigenvalue weighted by Crippen LogP contribution is 2.41. The lowest BCUT2D eigenvalue weighted by Gasteiger charge is -2.41. The molecular formula is C22H32N2O3. The van der Waals surface area contributed by atoms with Crippen LogP contribution in [0.25, 0.3) is 0 Å². The Labute approximate surface area is 162 Å². The minimum atomic E-state index is -0.362. The van der Waals surface area contributed by atoms with Gasteiger partial charge in [-0.1, -0.05) is 32.9 Å². The van der Waals surface area contributed by atoms with E-state index in [4.69, 9.17) is 4.74 Å². The zero-order chi connectivity index (χ0) is 19.7. The number of carbonyl (C=O) groups excluding carboxylic acids is 2. The molecule has 0 unspecified atom stereocenters. The second-order valence-electron chi connectivity index (χ2n) is 9.26. The summed E-state index contributed by atoms with van der Waals surface area (Å²) in [5.41, 5.74) is 0.710. The number of methoxy groups -OCH3 is 1. The number of nitrogens with zero attached hydrogens (tertiary/aromatic N) is 2. The van der Waals surface area contributed by atoms with Gasteiger partial charge in [-0.25, -0.2) is 0 Å². The molecule has 5 heteroatoms. The van der Waals surface area contributed by atoms with Crippen molar-refractivity contribution in [2.45, 2.75) is 46.5 Å². The number of carbonyl (C=O) groups is 2. The molecule has 0 N–H and O–H groups in total. The molecule has 1 spiro atoms. The third-order valence-electron chi connectivity index (χ3n) is 5.71. The zero-order valence-electron chi connectivity index (χ0n) is 17.1. The molecule has 0 aliphatic carbocycles. The molecule has 1 atom stereocenters. The van der Waals surface area contributed by atoms with Crippen molar-refractivity contribution in [1.82, 2.24) is 9.80 Å². The van der Waals surface area contributed by atoms with Crippen molar-refractivity contribution >= 4 is 11.8 Å². The van der Waals surface area contributed by atoms with Gasteiger partial charge in [-0.3, -0.25) is 9.59 Å². The van der Waals surface area contributed by atoms with Crippen LogP contribution >= 0.6 is 0 Å². The lowest BCUT2D eigenvalue weighted by atomic mass is 9.77. The minimum Gasteiger partial charge on any atom is -0.497 e. The molecule has 1 aromatic carbocycles. The summed E-state index contributed by atoms with van der Waals surface area (Å²) < 4.78 is 5.17. The van der Waals surface area contributed by atoms with Crippen LogP contribution in [0.5, 0.6) is 5.75 Å². The topological polar surface area (TPSA) is 49.9 Å². The number of piperidine rings is 1. The lowest BCUT2D eigenvalue weighted by Crippen LogP contribution is -2.52. The summed E-state index contributed by atoms with van der Waals surface area (Å²) in [6.07, 6.45) is 3.10. The summed E-state index contributed by atoms with van der Waals surface area (Å²) in [5.74, 6) is 1.15. The molecule has 2 heterocycles. The number of amides is 2. The molecule has 0 bridgehead atoms. The monoisotopic (exact) mass is 372 g/mol. The Kier molecular flexibility index (Phi) is 5.50. The highest BCUT2D eigenvalue weighted by Gasteiger charge is 2.49. The van der Waals surface area contributed by atoms with Gasteiger partial charge in [0.2, 0.25) is 11.8 Å². The van der Waals surface area contributed by atoms with Gasteiger partial charge in [0.15, 0.2) is 0 Å². The summed E-state index contributed by atoms with van der Waals surface area (Å²) in [7, 11) is 1.63. The van der Waals surface area contributed by atoms with Crippen molar-refractivity contribution in [3.8, 4) is 5.75 Å². The maximum absolute atomic E-state index is 13.2. The largest absolute Gasteiger partial charge is 0.497 e. The fourth-order valence-corrected chi connectivity index (χ4v) is 4.37. The number of hydrogen-bond donors (Lipinski definition) is 0. The van der Waals surface area contributed by atoms with Crippen LogP contribution in [-0.4, -0.2) is 54.9 Å². The number of benzene rings is 1. The normalized spacial score (nSPS) is 23.2. The molecule has 2 aliphatic heterocycles. The van der Waals surface area contributed by atoms with Crippen molar-refractivity contribution in [2.75, 3.05) is 33.3 Å². The maximum Gasteiger partial charge on any atom is 0.230 e. The summed E-state index contributed by atoms with van der Waals surface area (Å²) in [4.78, 5) is 29.9. The molecule has 0 radical (unpaired) electrons. The molecule has 27 heavy (non-hydrogen) atoms. The average Bonchev–Trinajstić information content (AvgIpc) is 3.04. The molecule has 0 aromatic heterocycles. The smallest absolute Gasteiger partial charge is 0.230 e. The Morgan fingerprint density at radius 1 is 1.15 bits per heavy atom. The molecule has 0 saturated carbocycles. The maximum atomic E-state index is 13.2. The predicted octanol–water partition coefficient (Wildman–Crippen LogP) is 3.12. The Balaban J connectivity index is 1.64. The third kappa shape index (κ3) is 4.45. The average molecular weight is 373 g/mol. The Morgan fingerprint density at radius 2 is 1.85 bits per heavy atom. The minimum absolute atomic E-state index is 0.0939. The highest BCUT2D eigenvalue weighted by atomic mass is 16.5. The zero-order valence-corrected chi connectivity index (χ0v) is 17.1. The molecule has 5 nitrogen and oxygen atoms in total. The molecule has 148 valence electrons. The van der Waals surface area contributed by atoms with Crippen LogP contribution in [0, 0.1) is 10.8 Å². The SMILES string of the molecule is COc1ccc(CC(=O)N2CC[C@@]3(CCCN(CC(C)(C)C)C3=O)C2)cc1. The van der Waals surface area contributed by atoms with Crippen LogP contribution < -0.4 is 4.74 Å². The first-order valence-corrected chi connectivity index (χ1v) is 9.93. The van der Waals surface area contributed by atoms with Gasteiger partial charge in [-0.15, -0.1) is 0 Å². The Morgan fingerprint density at radius 3 is 2.48 bits per heavy atom. The van der Waals surface area contributed by atoms with E-state index in [1.54, 1.807) is 7.11 Å². The van der Waals surface area contributed by atoms with Crippen LogP contribution in [0.2, 0.25) is 0 Å². The van der Waals surface area contributed by atoms with Gasteiger partial charge in [0.05, 0.1) is 18.9 Å². The Hall–Kier alpha value is -2.04. The molecule has 2 aliphatic rings. The van der Waals surface area contributed by atoms with Crippen LogP contribution in [-0.2, 0) is 16.0 Å². The van der Waals surface area contributed by atoms with E-state index in [9.17, 15) is 9.59 Å². The number of hydrogen-bond acceptors (Lipinski definition) is 3. The lowest BCUT2D eigenvalue weighted by molar-refractivity contribution is -0.147.